The number of benzene rings is 1. The molecule has 0 spiro atoms. The van der Waals surface area contributed by atoms with E-state index in [9.17, 15) is 9.18 Å². The van der Waals surface area contributed by atoms with Gasteiger partial charge in [0.15, 0.2) is 0 Å². The number of fused-ring (bicyclic) bond motifs is 1. The molecule has 6 nitrogen and oxygen atoms in total. The van der Waals surface area contributed by atoms with Crippen molar-refractivity contribution in [3.8, 4) is 0 Å². The van der Waals surface area contributed by atoms with Crippen molar-refractivity contribution in [3.05, 3.63) is 47.3 Å². The largest absolute Gasteiger partial charge is 0.340 e. The van der Waals surface area contributed by atoms with E-state index in [0.717, 1.165) is 56.0 Å². The van der Waals surface area contributed by atoms with Gasteiger partial charge in [-0.1, -0.05) is 18.6 Å². The molecule has 3 heterocycles. The van der Waals surface area contributed by atoms with Crippen LogP contribution in [0.3, 0.4) is 0 Å². The Morgan fingerprint density at radius 2 is 1.93 bits per heavy atom. The van der Waals surface area contributed by atoms with Gasteiger partial charge in [-0.2, -0.15) is 0 Å². The van der Waals surface area contributed by atoms with Gasteiger partial charge in [0.1, 0.15) is 17.5 Å². The highest BCUT2D eigenvalue weighted by molar-refractivity contribution is 5.76. The Bertz CT molecular complexity index is 834. The molecule has 2 aliphatic rings. The third kappa shape index (κ3) is 4.66. The third-order valence-electron chi connectivity index (χ3n) is 6.25. The van der Waals surface area contributed by atoms with Gasteiger partial charge in [-0.25, -0.2) is 4.39 Å². The molecule has 156 valence electrons. The maximum absolute atomic E-state index is 13.0. The maximum Gasteiger partial charge on any atom is 0.222 e. The normalized spacial score (nSPS) is 20.3. The number of likely N-dealkylation sites (tertiary alicyclic amines) is 1. The van der Waals surface area contributed by atoms with E-state index >= 15 is 0 Å². The van der Waals surface area contributed by atoms with Crippen LogP contribution < -0.4 is 0 Å². The van der Waals surface area contributed by atoms with Gasteiger partial charge < -0.3 is 9.47 Å². The lowest BCUT2D eigenvalue weighted by molar-refractivity contribution is -0.131. The molecule has 1 saturated heterocycles. The molecule has 7 heteroatoms. The number of amides is 1. The van der Waals surface area contributed by atoms with Crippen molar-refractivity contribution < 1.29 is 9.18 Å². The van der Waals surface area contributed by atoms with Gasteiger partial charge in [0.05, 0.1) is 6.04 Å². The van der Waals surface area contributed by atoms with E-state index in [1.807, 2.05) is 4.90 Å². The van der Waals surface area contributed by atoms with Crippen LogP contribution in [0.5, 0.6) is 0 Å². The van der Waals surface area contributed by atoms with Gasteiger partial charge >= 0.3 is 0 Å². The number of rotatable bonds is 5. The minimum Gasteiger partial charge on any atom is -0.340 e. The lowest BCUT2D eigenvalue weighted by Gasteiger charge is -2.32. The topological polar surface area (TPSA) is 54.3 Å². The molecule has 1 amide bonds. The zero-order chi connectivity index (χ0) is 20.2. The molecule has 0 N–H and O–H groups in total. The van der Waals surface area contributed by atoms with Crippen LogP contribution >= 0.6 is 0 Å². The van der Waals surface area contributed by atoms with Gasteiger partial charge in [-0.15, -0.1) is 10.2 Å². The number of hydrogen-bond acceptors (Lipinski definition) is 4. The van der Waals surface area contributed by atoms with Crippen LogP contribution in [-0.2, 0) is 24.2 Å². The molecule has 1 fully saturated rings. The van der Waals surface area contributed by atoms with Crippen molar-refractivity contribution in [2.45, 2.75) is 57.5 Å². The van der Waals surface area contributed by atoms with E-state index in [0.29, 0.717) is 25.6 Å². The first-order chi connectivity index (χ1) is 14.1. The number of halogens is 1. The Balaban J connectivity index is 1.32. The van der Waals surface area contributed by atoms with Crippen LogP contribution in [0.1, 0.15) is 55.4 Å². The fourth-order valence-electron chi connectivity index (χ4n) is 4.50. The van der Waals surface area contributed by atoms with Gasteiger partial charge in [0.25, 0.3) is 0 Å². The van der Waals surface area contributed by atoms with Crippen molar-refractivity contribution in [3.63, 3.8) is 0 Å². The Hall–Kier alpha value is -2.28. The van der Waals surface area contributed by atoms with Gasteiger partial charge in [0, 0.05) is 32.5 Å². The SMILES string of the molecule is CN1CCCC[C@@H]1c1nnc2n1CCN(C(=O)CCCc1ccc(F)cc1)CC2. The number of carbonyl (C=O) groups excluding carboxylic acids is 1. The predicted molar refractivity (Wildman–Crippen MR) is 109 cm³/mol. The molecule has 2 aromatic rings. The second kappa shape index (κ2) is 9.03. The molecule has 0 bridgehead atoms. The molecule has 0 unspecified atom stereocenters. The summed E-state index contributed by atoms with van der Waals surface area (Å²) in [4.78, 5) is 17.1. The molecule has 1 aromatic carbocycles. The van der Waals surface area contributed by atoms with E-state index in [2.05, 4.69) is 26.7 Å². The Morgan fingerprint density at radius 1 is 1.10 bits per heavy atom. The van der Waals surface area contributed by atoms with Crippen molar-refractivity contribution in [1.82, 2.24) is 24.6 Å². The predicted octanol–water partition coefficient (Wildman–Crippen LogP) is 2.98. The fraction of sp³-hybridized carbons (Fsp3) is 0.591. The summed E-state index contributed by atoms with van der Waals surface area (Å²) in [6.07, 6.45) is 6.46. The summed E-state index contributed by atoms with van der Waals surface area (Å²) in [6.45, 7) is 3.29. The minimum absolute atomic E-state index is 0.196. The summed E-state index contributed by atoms with van der Waals surface area (Å²) >= 11 is 0. The van der Waals surface area contributed by atoms with E-state index < -0.39 is 0 Å². The van der Waals surface area contributed by atoms with Crippen LogP contribution in [0.15, 0.2) is 24.3 Å². The average molecular weight is 400 g/mol. The molecule has 4 rings (SSSR count). The molecule has 0 saturated carbocycles. The first-order valence-corrected chi connectivity index (χ1v) is 10.8. The molecular formula is C22H30FN5O. The fourth-order valence-corrected chi connectivity index (χ4v) is 4.50. The van der Waals surface area contributed by atoms with Gasteiger partial charge in [-0.3, -0.25) is 9.69 Å². The van der Waals surface area contributed by atoms with Gasteiger partial charge in [-0.05, 0) is 57.0 Å². The molecule has 1 aromatic heterocycles. The summed E-state index contributed by atoms with van der Waals surface area (Å²) in [5, 5.41) is 8.96. The number of carbonyl (C=O) groups is 1. The summed E-state index contributed by atoms with van der Waals surface area (Å²) < 4.78 is 15.2. The molecule has 2 aliphatic heterocycles. The molecule has 0 radical (unpaired) electrons. The first-order valence-electron chi connectivity index (χ1n) is 10.8. The second-order valence-electron chi connectivity index (χ2n) is 8.23. The quantitative estimate of drug-likeness (QED) is 0.776. The summed E-state index contributed by atoms with van der Waals surface area (Å²) in [5.41, 5.74) is 1.07. The summed E-state index contributed by atoms with van der Waals surface area (Å²) in [6, 6.07) is 6.87. The molecule has 29 heavy (non-hydrogen) atoms. The van der Waals surface area contributed by atoms with Crippen LogP contribution in [0.2, 0.25) is 0 Å². The summed E-state index contributed by atoms with van der Waals surface area (Å²) in [5.74, 6) is 2.04. The smallest absolute Gasteiger partial charge is 0.222 e. The van der Waals surface area contributed by atoms with Crippen molar-refractivity contribution in [1.29, 1.82) is 0 Å². The highest BCUT2D eigenvalue weighted by Gasteiger charge is 2.29. The minimum atomic E-state index is -0.222. The Morgan fingerprint density at radius 3 is 2.72 bits per heavy atom. The van der Waals surface area contributed by atoms with Gasteiger partial charge in [0.2, 0.25) is 5.91 Å². The Kier molecular flexibility index (Phi) is 6.23. The number of nitrogens with zero attached hydrogens (tertiary/aromatic N) is 5. The van der Waals surface area contributed by atoms with E-state index in [1.165, 1.54) is 25.0 Å². The van der Waals surface area contributed by atoms with E-state index in [-0.39, 0.29) is 11.7 Å². The Labute approximate surface area is 171 Å². The van der Waals surface area contributed by atoms with Crippen LogP contribution in [0.25, 0.3) is 0 Å². The van der Waals surface area contributed by atoms with Crippen molar-refractivity contribution >= 4 is 5.91 Å². The van der Waals surface area contributed by atoms with Crippen LogP contribution in [0.4, 0.5) is 4.39 Å². The molecule has 1 atom stereocenters. The number of aromatic nitrogens is 3. The average Bonchev–Trinajstić information content (AvgIpc) is 3.00. The zero-order valence-corrected chi connectivity index (χ0v) is 17.2. The highest BCUT2D eigenvalue weighted by Crippen LogP contribution is 2.29. The van der Waals surface area contributed by atoms with E-state index in [1.54, 1.807) is 12.1 Å². The zero-order valence-electron chi connectivity index (χ0n) is 17.2. The lowest BCUT2D eigenvalue weighted by atomic mass is 10.0. The van der Waals surface area contributed by atoms with Crippen molar-refractivity contribution in [2.24, 2.45) is 0 Å². The van der Waals surface area contributed by atoms with Crippen LogP contribution in [0, 0.1) is 5.82 Å². The third-order valence-corrected chi connectivity index (χ3v) is 6.25. The van der Waals surface area contributed by atoms with Crippen LogP contribution in [-0.4, -0.2) is 57.2 Å². The number of hydrogen-bond donors (Lipinski definition) is 0. The molecular weight excluding hydrogens is 369 g/mol. The van der Waals surface area contributed by atoms with E-state index in [4.69, 9.17) is 0 Å². The number of aryl methyl sites for hydroxylation is 1. The molecule has 0 aliphatic carbocycles. The van der Waals surface area contributed by atoms with Crippen molar-refractivity contribution in [2.75, 3.05) is 26.7 Å². The second-order valence-corrected chi connectivity index (χ2v) is 8.23. The number of piperidine rings is 1. The highest BCUT2D eigenvalue weighted by atomic mass is 19.1. The first kappa shape index (κ1) is 20.0. The maximum atomic E-state index is 13.0. The lowest BCUT2D eigenvalue weighted by Crippen LogP contribution is -2.34. The standard InChI is InChI=1S/C22H30FN5O/c1-26-13-3-2-6-19(26)22-25-24-20-12-14-27(15-16-28(20)22)21(29)7-4-5-17-8-10-18(23)11-9-17/h8-11,19H,2-7,12-16H2,1H3/t19-/m1/s1. The summed E-state index contributed by atoms with van der Waals surface area (Å²) in [7, 11) is 2.17. The monoisotopic (exact) mass is 399 g/mol.